The monoisotopic (exact) mass is 269 g/mol. The van der Waals surface area contributed by atoms with Crippen molar-refractivity contribution in [1.29, 1.82) is 0 Å². The molecule has 1 saturated carbocycles. The average Bonchev–Trinajstić information content (AvgIpc) is 2.45. The van der Waals surface area contributed by atoms with Gasteiger partial charge < -0.3 is 16.0 Å². The molecule has 1 unspecified atom stereocenters. The quantitative estimate of drug-likeness (QED) is 0.767. The predicted octanol–water partition coefficient (Wildman–Crippen LogP) is 0.592. The van der Waals surface area contributed by atoms with Gasteiger partial charge in [-0.25, -0.2) is 0 Å². The summed E-state index contributed by atoms with van der Waals surface area (Å²) in [5.74, 6) is 0.681. The highest BCUT2D eigenvalue weighted by atomic mass is 16.2. The molecule has 110 valence electrons. The van der Waals surface area contributed by atoms with E-state index in [0.717, 1.165) is 32.2 Å². The van der Waals surface area contributed by atoms with Crippen molar-refractivity contribution in [2.75, 3.05) is 27.2 Å². The second-order valence-electron chi connectivity index (χ2n) is 5.69. The van der Waals surface area contributed by atoms with Gasteiger partial charge in [0, 0.05) is 26.6 Å². The van der Waals surface area contributed by atoms with Crippen LogP contribution in [0.5, 0.6) is 0 Å². The lowest BCUT2D eigenvalue weighted by atomic mass is 9.81. The van der Waals surface area contributed by atoms with Gasteiger partial charge in [0.2, 0.25) is 11.8 Å². The van der Waals surface area contributed by atoms with Crippen molar-refractivity contribution in [2.24, 2.45) is 23.5 Å². The zero-order valence-corrected chi connectivity index (χ0v) is 12.3. The largest absolute Gasteiger partial charge is 0.359 e. The Balaban J connectivity index is 2.42. The summed E-state index contributed by atoms with van der Waals surface area (Å²) in [7, 11) is 3.41. The Kier molecular flexibility index (Phi) is 6.28. The lowest BCUT2D eigenvalue weighted by Crippen LogP contribution is -2.41. The van der Waals surface area contributed by atoms with Crippen molar-refractivity contribution >= 4 is 11.8 Å². The van der Waals surface area contributed by atoms with Crippen LogP contribution in [0.15, 0.2) is 0 Å². The van der Waals surface area contributed by atoms with Crippen LogP contribution in [0.4, 0.5) is 0 Å². The molecule has 1 rings (SSSR count). The van der Waals surface area contributed by atoms with E-state index >= 15 is 0 Å². The van der Waals surface area contributed by atoms with Crippen LogP contribution in [0.3, 0.4) is 0 Å². The number of amides is 2. The minimum atomic E-state index is -0.167. The lowest BCUT2D eigenvalue weighted by molar-refractivity contribution is -0.137. The fraction of sp³-hybridized carbons (Fsp3) is 0.857. The lowest BCUT2D eigenvalue weighted by Gasteiger charge is -2.30. The second-order valence-corrected chi connectivity index (χ2v) is 5.69. The first-order valence-corrected chi connectivity index (χ1v) is 7.16. The summed E-state index contributed by atoms with van der Waals surface area (Å²) in [4.78, 5) is 25.5. The molecular formula is C14H27N3O2. The summed E-state index contributed by atoms with van der Waals surface area (Å²) in [6.07, 6.45) is 3.95. The van der Waals surface area contributed by atoms with E-state index in [0.29, 0.717) is 12.5 Å². The molecule has 5 nitrogen and oxygen atoms in total. The van der Waals surface area contributed by atoms with Gasteiger partial charge in [0.05, 0.1) is 5.92 Å². The fourth-order valence-corrected chi connectivity index (χ4v) is 2.79. The highest BCUT2D eigenvalue weighted by molar-refractivity contribution is 5.81. The van der Waals surface area contributed by atoms with E-state index < -0.39 is 0 Å². The molecule has 0 aliphatic heterocycles. The van der Waals surface area contributed by atoms with Crippen LogP contribution in [0, 0.1) is 17.8 Å². The first kappa shape index (κ1) is 16.0. The zero-order valence-electron chi connectivity index (χ0n) is 12.3. The van der Waals surface area contributed by atoms with E-state index in [-0.39, 0.29) is 23.7 Å². The van der Waals surface area contributed by atoms with Crippen LogP contribution in [-0.4, -0.2) is 43.9 Å². The van der Waals surface area contributed by atoms with Crippen LogP contribution in [0.2, 0.25) is 0 Å². The van der Waals surface area contributed by atoms with Crippen LogP contribution in [-0.2, 0) is 9.59 Å². The summed E-state index contributed by atoms with van der Waals surface area (Å²) in [5, 5.41) is 2.61. The Morgan fingerprint density at radius 1 is 1.32 bits per heavy atom. The molecule has 19 heavy (non-hydrogen) atoms. The van der Waals surface area contributed by atoms with Gasteiger partial charge in [-0.2, -0.15) is 0 Å². The Hall–Kier alpha value is -1.10. The minimum Gasteiger partial charge on any atom is -0.359 e. The van der Waals surface area contributed by atoms with Crippen LogP contribution >= 0.6 is 0 Å². The molecule has 1 atom stereocenters. The molecule has 0 aromatic rings. The number of nitrogens with one attached hydrogen (secondary N) is 1. The molecule has 5 heteroatoms. The minimum absolute atomic E-state index is 0.0218. The molecule has 0 aromatic heterocycles. The van der Waals surface area contributed by atoms with Crippen LogP contribution < -0.4 is 11.1 Å². The standard InChI is InChI=1S/C14H27N3O2/c1-10(13(18)16-2)9-17(3)14(19)12-6-4-11(8-15)5-7-12/h10-12H,4-9,15H2,1-3H3,(H,16,18). The number of carbonyl (C=O) groups is 2. The van der Waals surface area contributed by atoms with Crippen LogP contribution in [0.1, 0.15) is 32.6 Å². The molecule has 1 fully saturated rings. The maximum atomic E-state index is 12.3. The highest BCUT2D eigenvalue weighted by Gasteiger charge is 2.28. The van der Waals surface area contributed by atoms with Gasteiger partial charge in [-0.1, -0.05) is 6.92 Å². The molecule has 0 spiro atoms. The molecule has 0 radical (unpaired) electrons. The summed E-state index contributed by atoms with van der Waals surface area (Å²) >= 11 is 0. The van der Waals surface area contributed by atoms with E-state index in [4.69, 9.17) is 5.73 Å². The summed E-state index contributed by atoms with van der Waals surface area (Å²) in [5.41, 5.74) is 5.66. The number of rotatable bonds is 5. The van der Waals surface area contributed by atoms with E-state index in [1.807, 2.05) is 6.92 Å². The first-order chi connectivity index (χ1) is 8.99. The second kappa shape index (κ2) is 7.48. The average molecular weight is 269 g/mol. The number of nitrogens with two attached hydrogens (primary N) is 1. The molecule has 1 aliphatic carbocycles. The Morgan fingerprint density at radius 3 is 2.37 bits per heavy atom. The molecule has 1 aliphatic rings. The Bertz CT molecular complexity index is 312. The Morgan fingerprint density at radius 2 is 1.89 bits per heavy atom. The van der Waals surface area contributed by atoms with Crippen molar-refractivity contribution in [3.63, 3.8) is 0 Å². The molecule has 3 N–H and O–H groups in total. The van der Waals surface area contributed by atoms with Gasteiger partial charge in [-0.15, -0.1) is 0 Å². The Labute approximate surface area is 115 Å². The maximum absolute atomic E-state index is 12.3. The van der Waals surface area contributed by atoms with Crippen molar-refractivity contribution in [2.45, 2.75) is 32.6 Å². The van der Waals surface area contributed by atoms with Crippen molar-refractivity contribution < 1.29 is 9.59 Å². The maximum Gasteiger partial charge on any atom is 0.225 e. The fourth-order valence-electron chi connectivity index (χ4n) is 2.79. The third kappa shape index (κ3) is 4.49. The third-order valence-corrected chi connectivity index (χ3v) is 4.15. The van der Waals surface area contributed by atoms with E-state index in [2.05, 4.69) is 5.32 Å². The number of nitrogens with zero attached hydrogens (tertiary/aromatic N) is 1. The number of hydrogen-bond acceptors (Lipinski definition) is 3. The molecule has 0 bridgehead atoms. The van der Waals surface area contributed by atoms with Crippen molar-refractivity contribution in [3.05, 3.63) is 0 Å². The molecule has 0 heterocycles. The molecule has 0 aromatic carbocycles. The summed E-state index contributed by atoms with van der Waals surface area (Å²) in [6.45, 7) is 3.05. The van der Waals surface area contributed by atoms with Gasteiger partial charge in [0.25, 0.3) is 0 Å². The van der Waals surface area contributed by atoms with Gasteiger partial charge in [-0.3, -0.25) is 9.59 Å². The van der Waals surface area contributed by atoms with E-state index in [9.17, 15) is 9.59 Å². The van der Waals surface area contributed by atoms with Gasteiger partial charge in [0.1, 0.15) is 0 Å². The van der Waals surface area contributed by atoms with Gasteiger partial charge in [-0.05, 0) is 38.1 Å². The molecule has 0 saturated heterocycles. The van der Waals surface area contributed by atoms with Crippen molar-refractivity contribution in [1.82, 2.24) is 10.2 Å². The normalized spacial score (nSPS) is 24.6. The number of hydrogen-bond donors (Lipinski definition) is 2. The van der Waals surface area contributed by atoms with Gasteiger partial charge in [0.15, 0.2) is 0 Å². The van der Waals surface area contributed by atoms with Gasteiger partial charge >= 0.3 is 0 Å². The first-order valence-electron chi connectivity index (χ1n) is 7.16. The van der Waals surface area contributed by atoms with E-state index in [1.54, 1.807) is 19.0 Å². The van der Waals surface area contributed by atoms with E-state index in [1.165, 1.54) is 0 Å². The summed E-state index contributed by atoms with van der Waals surface area (Å²) in [6, 6.07) is 0. The van der Waals surface area contributed by atoms with Crippen molar-refractivity contribution in [3.8, 4) is 0 Å². The number of carbonyl (C=O) groups excluding carboxylic acids is 2. The molecular weight excluding hydrogens is 242 g/mol. The summed E-state index contributed by atoms with van der Waals surface area (Å²) < 4.78 is 0. The highest BCUT2D eigenvalue weighted by Crippen LogP contribution is 2.29. The SMILES string of the molecule is CNC(=O)C(C)CN(C)C(=O)C1CCC(CN)CC1. The predicted molar refractivity (Wildman–Crippen MR) is 75.4 cm³/mol. The topological polar surface area (TPSA) is 75.4 Å². The zero-order chi connectivity index (χ0) is 14.4. The van der Waals surface area contributed by atoms with Crippen LogP contribution in [0.25, 0.3) is 0 Å². The third-order valence-electron chi connectivity index (χ3n) is 4.15. The smallest absolute Gasteiger partial charge is 0.225 e. The molecule has 2 amide bonds.